The standard InChI is InChI=1S/C14H22N2O/c1-3-11-7-5-6-8-13(11)14(17)16-12(4-2)9-10-15/h5-8,12H,3-4,9-10,15H2,1-2H3,(H,16,17). The van der Waals surface area contributed by atoms with Crippen molar-refractivity contribution in [3.05, 3.63) is 35.4 Å². The van der Waals surface area contributed by atoms with E-state index in [0.717, 1.165) is 30.4 Å². The molecule has 3 nitrogen and oxygen atoms in total. The topological polar surface area (TPSA) is 55.1 Å². The minimum absolute atomic E-state index is 0.0164. The quantitative estimate of drug-likeness (QED) is 0.792. The summed E-state index contributed by atoms with van der Waals surface area (Å²) in [6.07, 6.45) is 2.62. The highest BCUT2D eigenvalue weighted by Crippen LogP contribution is 2.10. The van der Waals surface area contributed by atoms with Gasteiger partial charge in [-0.1, -0.05) is 32.0 Å². The van der Waals surface area contributed by atoms with Crippen LogP contribution in [0.25, 0.3) is 0 Å². The predicted octanol–water partition coefficient (Wildman–Crippen LogP) is 2.11. The Bertz CT molecular complexity index is 363. The van der Waals surface area contributed by atoms with Crippen LogP contribution in [0.5, 0.6) is 0 Å². The van der Waals surface area contributed by atoms with Crippen molar-refractivity contribution in [3.63, 3.8) is 0 Å². The summed E-state index contributed by atoms with van der Waals surface area (Å²) in [6.45, 7) is 4.73. The molecule has 0 saturated heterocycles. The number of nitrogens with two attached hydrogens (primary N) is 1. The van der Waals surface area contributed by atoms with Crippen molar-refractivity contribution < 1.29 is 4.79 Å². The van der Waals surface area contributed by atoms with E-state index < -0.39 is 0 Å². The van der Waals surface area contributed by atoms with Gasteiger partial charge in [0, 0.05) is 11.6 Å². The lowest BCUT2D eigenvalue weighted by Crippen LogP contribution is -2.36. The molecule has 0 aliphatic heterocycles. The Hall–Kier alpha value is -1.35. The maximum atomic E-state index is 12.1. The van der Waals surface area contributed by atoms with Crippen molar-refractivity contribution in [2.24, 2.45) is 5.73 Å². The second-order valence-corrected chi connectivity index (χ2v) is 4.17. The van der Waals surface area contributed by atoms with Crippen LogP contribution in [0.2, 0.25) is 0 Å². The first-order valence-electron chi connectivity index (χ1n) is 6.31. The molecule has 0 saturated carbocycles. The van der Waals surface area contributed by atoms with E-state index >= 15 is 0 Å². The third-order valence-corrected chi connectivity index (χ3v) is 2.99. The van der Waals surface area contributed by atoms with E-state index in [9.17, 15) is 4.79 Å². The van der Waals surface area contributed by atoms with Gasteiger partial charge in [0.15, 0.2) is 0 Å². The lowest BCUT2D eigenvalue weighted by atomic mass is 10.0. The second kappa shape index (κ2) is 7.07. The summed E-state index contributed by atoms with van der Waals surface area (Å²) in [6, 6.07) is 7.92. The van der Waals surface area contributed by atoms with Gasteiger partial charge in [-0.3, -0.25) is 4.79 Å². The Morgan fingerprint density at radius 1 is 1.35 bits per heavy atom. The summed E-state index contributed by atoms with van der Waals surface area (Å²) < 4.78 is 0. The maximum Gasteiger partial charge on any atom is 0.251 e. The van der Waals surface area contributed by atoms with Crippen LogP contribution in [0, 0.1) is 0 Å². The first-order valence-corrected chi connectivity index (χ1v) is 6.31. The molecule has 0 aromatic heterocycles. The van der Waals surface area contributed by atoms with Crippen molar-refractivity contribution in [1.29, 1.82) is 0 Å². The molecule has 17 heavy (non-hydrogen) atoms. The summed E-state index contributed by atoms with van der Waals surface area (Å²) in [5.41, 5.74) is 7.40. The van der Waals surface area contributed by atoms with Crippen molar-refractivity contribution in [2.45, 2.75) is 39.2 Å². The molecule has 0 heterocycles. The van der Waals surface area contributed by atoms with E-state index in [-0.39, 0.29) is 11.9 Å². The zero-order valence-corrected chi connectivity index (χ0v) is 10.7. The summed E-state index contributed by atoms with van der Waals surface area (Å²) in [7, 11) is 0. The minimum atomic E-state index is 0.0164. The molecule has 0 aliphatic rings. The lowest BCUT2D eigenvalue weighted by Gasteiger charge is -2.17. The van der Waals surface area contributed by atoms with Gasteiger partial charge >= 0.3 is 0 Å². The molecule has 1 amide bonds. The van der Waals surface area contributed by atoms with E-state index in [0.29, 0.717) is 6.54 Å². The normalized spacial score (nSPS) is 12.2. The van der Waals surface area contributed by atoms with Crippen LogP contribution in [-0.2, 0) is 6.42 Å². The maximum absolute atomic E-state index is 12.1. The fourth-order valence-electron chi connectivity index (χ4n) is 1.89. The lowest BCUT2D eigenvalue weighted by molar-refractivity contribution is 0.0933. The van der Waals surface area contributed by atoms with Gasteiger partial charge in [-0.15, -0.1) is 0 Å². The molecular formula is C14H22N2O. The van der Waals surface area contributed by atoms with Gasteiger partial charge in [-0.25, -0.2) is 0 Å². The molecular weight excluding hydrogens is 212 g/mol. The third kappa shape index (κ3) is 3.86. The molecule has 3 heteroatoms. The van der Waals surface area contributed by atoms with Crippen LogP contribution in [0.15, 0.2) is 24.3 Å². The molecule has 0 aliphatic carbocycles. The highest BCUT2D eigenvalue weighted by atomic mass is 16.1. The summed E-state index contributed by atoms with van der Waals surface area (Å²) in [4.78, 5) is 12.1. The van der Waals surface area contributed by atoms with Gasteiger partial charge in [0.05, 0.1) is 0 Å². The number of carbonyl (C=O) groups excluding carboxylic acids is 1. The smallest absolute Gasteiger partial charge is 0.251 e. The van der Waals surface area contributed by atoms with Gasteiger partial charge in [0.25, 0.3) is 5.91 Å². The number of aryl methyl sites for hydroxylation is 1. The van der Waals surface area contributed by atoms with Crippen molar-refractivity contribution >= 4 is 5.91 Å². The molecule has 1 atom stereocenters. The Balaban J connectivity index is 2.75. The molecule has 1 unspecified atom stereocenters. The molecule has 1 aromatic rings. The molecule has 1 rings (SSSR count). The first-order chi connectivity index (χ1) is 8.22. The highest BCUT2D eigenvalue weighted by molar-refractivity contribution is 5.95. The van der Waals surface area contributed by atoms with Crippen molar-refractivity contribution in [3.8, 4) is 0 Å². The number of amides is 1. The van der Waals surface area contributed by atoms with E-state index in [1.807, 2.05) is 24.3 Å². The average Bonchev–Trinajstić information content (AvgIpc) is 2.38. The van der Waals surface area contributed by atoms with Gasteiger partial charge in [-0.2, -0.15) is 0 Å². The minimum Gasteiger partial charge on any atom is -0.349 e. The molecule has 0 radical (unpaired) electrons. The Labute approximate surface area is 103 Å². The van der Waals surface area contributed by atoms with E-state index in [1.54, 1.807) is 0 Å². The van der Waals surface area contributed by atoms with Gasteiger partial charge in [0.2, 0.25) is 0 Å². The monoisotopic (exact) mass is 234 g/mol. The van der Waals surface area contributed by atoms with E-state index in [1.165, 1.54) is 0 Å². The zero-order chi connectivity index (χ0) is 12.7. The number of hydrogen-bond acceptors (Lipinski definition) is 2. The fraction of sp³-hybridized carbons (Fsp3) is 0.500. The second-order valence-electron chi connectivity index (χ2n) is 4.17. The van der Waals surface area contributed by atoms with Crippen LogP contribution in [0.3, 0.4) is 0 Å². The zero-order valence-electron chi connectivity index (χ0n) is 10.7. The van der Waals surface area contributed by atoms with Crippen molar-refractivity contribution in [2.75, 3.05) is 6.54 Å². The molecule has 3 N–H and O–H groups in total. The SMILES string of the molecule is CCc1ccccc1C(=O)NC(CC)CCN. The number of carbonyl (C=O) groups is 1. The number of nitrogens with one attached hydrogen (secondary N) is 1. The molecule has 1 aromatic carbocycles. The summed E-state index contributed by atoms with van der Waals surface area (Å²) in [5, 5.41) is 3.04. The molecule has 94 valence electrons. The highest BCUT2D eigenvalue weighted by Gasteiger charge is 2.13. The number of hydrogen-bond donors (Lipinski definition) is 2. The van der Waals surface area contributed by atoms with E-state index in [2.05, 4.69) is 19.2 Å². The van der Waals surface area contributed by atoms with Gasteiger partial charge in [0.1, 0.15) is 0 Å². The van der Waals surface area contributed by atoms with Crippen LogP contribution < -0.4 is 11.1 Å². The molecule has 0 spiro atoms. The summed E-state index contributed by atoms with van der Waals surface area (Å²) >= 11 is 0. The van der Waals surface area contributed by atoms with Gasteiger partial charge in [-0.05, 0) is 37.4 Å². The van der Waals surface area contributed by atoms with Crippen LogP contribution in [0.4, 0.5) is 0 Å². The van der Waals surface area contributed by atoms with Crippen LogP contribution in [-0.4, -0.2) is 18.5 Å². The summed E-state index contributed by atoms with van der Waals surface area (Å²) in [5.74, 6) is 0.0164. The number of benzene rings is 1. The largest absolute Gasteiger partial charge is 0.349 e. The number of rotatable bonds is 6. The Morgan fingerprint density at radius 3 is 2.65 bits per heavy atom. The van der Waals surface area contributed by atoms with E-state index in [4.69, 9.17) is 5.73 Å². The fourth-order valence-corrected chi connectivity index (χ4v) is 1.89. The third-order valence-electron chi connectivity index (χ3n) is 2.99. The Morgan fingerprint density at radius 2 is 2.06 bits per heavy atom. The first kappa shape index (κ1) is 13.7. The molecule has 0 bridgehead atoms. The van der Waals surface area contributed by atoms with Crippen molar-refractivity contribution in [1.82, 2.24) is 5.32 Å². The van der Waals surface area contributed by atoms with Gasteiger partial charge < -0.3 is 11.1 Å². The Kier molecular flexibility index (Phi) is 5.70. The predicted molar refractivity (Wildman–Crippen MR) is 71.0 cm³/mol. The van der Waals surface area contributed by atoms with Crippen LogP contribution in [0.1, 0.15) is 42.6 Å². The molecule has 0 fully saturated rings. The van der Waals surface area contributed by atoms with Crippen LogP contribution >= 0.6 is 0 Å². The average molecular weight is 234 g/mol.